The van der Waals surface area contributed by atoms with Gasteiger partial charge in [-0.15, -0.1) is 0 Å². The number of amides is 1. The largest absolute Gasteiger partial charge is 0.336 e. The number of thioether (sulfide) groups is 1. The average Bonchev–Trinajstić information content (AvgIpc) is 3.05. The van der Waals surface area contributed by atoms with E-state index in [1.54, 1.807) is 0 Å². The first kappa shape index (κ1) is 19.5. The Kier molecular flexibility index (Phi) is 6.01. The van der Waals surface area contributed by atoms with Gasteiger partial charge in [0.1, 0.15) is 5.82 Å². The Labute approximate surface area is 169 Å². The number of aryl methyl sites for hydroxylation is 1. The molecule has 28 heavy (non-hydrogen) atoms. The fourth-order valence-electron chi connectivity index (χ4n) is 4.12. The lowest BCUT2D eigenvalue weighted by atomic mass is 9.91. The second-order valence-corrected chi connectivity index (χ2v) is 8.80. The predicted molar refractivity (Wildman–Crippen MR) is 110 cm³/mol. The summed E-state index contributed by atoms with van der Waals surface area (Å²) < 4.78 is 14.9. The predicted octanol–water partition coefficient (Wildman–Crippen LogP) is 2.44. The smallest absolute Gasteiger partial charge is 0.274 e. The van der Waals surface area contributed by atoms with Gasteiger partial charge in [0.2, 0.25) is 0 Å². The molecule has 0 bridgehead atoms. The maximum absolute atomic E-state index is 13.0. The fourth-order valence-corrected chi connectivity index (χ4v) is 5.03. The molecule has 1 amide bonds. The monoisotopic (exact) mass is 402 g/mol. The molecular formula is C21H27FN4OS. The van der Waals surface area contributed by atoms with Crippen molar-refractivity contribution in [1.82, 2.24) is 20.0 Å². The molecule has 7 heteroatoms. The number of carbonyl (C=O) groups excluding carboxylic acids is 1. The standard InChI is InChI=1S/C21H27FN4OS/c1-25-19-7-6-17(23-9-8-15-2-4-16(22)5-3-15)14-18(19)20(24-25)21(27)26-10-12-28-13-11-26/h2-5,17,23H,6-14H2,1H3. The van der Waals surface area contributed by atoms with Crippen LogP contribution in [0.25, 0.3) is 0 Å². The number of halogens is 1. The van der Waals surface area contributed by atoms with Crippen LogP contribution in [0.1, 0.15) is 33.7 Å². The van der Waals surface area contributed by atoms with E-state index in [2.05, 4.69) is 10.4 Å². The number of aromatic nitrogens is 2. The zero-order valence-corrected chi connectivity index (χ0v) is 17.1. The molecule has 1 aliphatic heterocycles. The van der Waals surface area contributed by atoms with Crippen molar-refractivity contribution >= 4 is 17.7 Å². The molecule has 0 saturated carbocycles. The number of nitrogens with zero attached hydrogens (tertiary/aromatic N) is 3. The van der Waals surface area contributed by atoms with Crippen LogP contribution >= 0.6 is 11.8 Å². The maximum atomic E-state index is 13.0. The number of fused-ring (bicyclic) bond motifs is 1. The fraction of sp³-hybridized carbons (Fsp3) is 0.524. The Balaban J connectivity index is 1.39. The topological polar surface area (TPSA) is 50.2 Å². The summed E-state index contributed by atoms with van der Waals surface area (Å²) in [6.45, 7) is 2.47. The van der Waals surface area contributed by atoms with Crippen molar-refractivity contribution in [2.45, 2.75) is 31.7 Å². The van der Waals surface area contributed by atoms with Crippen LogP contribution in [0, 0.1) is 5.82 Å². The third-order valence-electron chi connectivity index (χ3n) is 5.72. The zero-order valence-electron chi connectivity index (χ0n) is 16.3. The van der Waals surface area contributed by atoms with Gasteiger partial charge in [-0.05, 0) is 49.9 Å². The van der Waals surface area contributed by atoms with E-state index in [9.17, 15) is 9.18 Å². The molecule has 5 nitrogen and oxygen atoms in total. The Hall–Kier alpha value is -1.86. The van der Waals surface area contributed by atoms with Crippen LogP contribution in [0.15, 0.2) is 24.3 Å². The summed E-state index contributed by atoms with van der Waals surface area (Å²) >= 11 is 1.90. The highest BCUT2D eigenvalue weighted by atomic mass is 32.2. The molecule has 2 aromatic rings. The van der Waals surface area contributed by atoms with E-state index >= 15 is 0 Å². The lowest BCUT2D eigenvalue weighted by molar-refractivity contribution is 0.0764. The first-order valence-electron chi connectivity index (χ1n) is 10.0. The molecule has 150 valence electrons. The van der Waals surface area contributed by atoms with Crippen LogP contribution < -0.4 is 5.32 Å². The van der Waals surface area contributed by atoms with E-state index in [1.807, 2.05) is 40.5 Å². The first-order valence-corrected chi connectivity index (χ1v) is 11.2. The Bertz CT molecular complexity index is 830. The molecule has 2 heterocycles. The maximum Gasteiger partial charge on any atom is 0.274 e. The second-order valence-electron chi connectivity index (χ2n) is 7.57. The third kappa shape index (κ3) is 4.25. The zero-order chi connectivity index (χ0) is 19.5. The molecule has 1 saturated heterocycles. The lowest BCUT2D eigenvalue weighted by Crippen LogP contribution is -2.40. The van der Waals surface area contributed by atoms with Gasteiger partial charge in [0.05, 0.1) is 0 Å². The van der Waals surface area contributed by atoms with E-state index in [1.165, 1.54) is 17.8 Å². The van der Waals surface area contributed by atoms with E-state index in [0.29, 0.717) is 11.7 Å². The highest BCUT2D eigenvalue weighted by Crippen LogP contribution is 2.26. The molecule has 1 aromatic heterocycles. The van der Waals surface area contributed by atoms with Crippen molar-refractivity contribution in [1.29, 1.82) is 0 Å². The summed E-state index contributed by atoms with van der Waals surface area (Å²) in [5.74, 6) is 1.91. The number of nitrogens with one attached hydrogen (secondary N) is 1. The summed E-state index contributed by atoms with van der Waals surface area (Å²) in [5.41, 5.74) is 4.10. The van der Waals surface area contributed by atoms with Crippen LogP contribution in [0.5, 0.6) is 0 Å². The van der Waals surface area contributed by atoms with Gasteiger partial charge in [-0.1, -0.05) is 12.1 Å². The molecular weight excluding hydrogens is 375 g/mol. The van der Waals surface area contributed by atoms with E-state index in [0.717, 1.165) is 68.0 Å². The Morgan fingerprint density at radius 3 is 2.79 bits per heavy atom. The molecule has 1 unspecified atom stereocenters. The van der Waals surface area contributed by atoms with Crippen molar-refractivity contribution in [3.63, 3.8) is 0 Å². The van der Waals surface area contributed by atoms with E-state index in [4.69, 9.17) is 0 Å². The summed E-state index contributed by atoms with van der Waals surface area (Å²) in [5, 5.41) is 8.21. The highest BCUT2D eigenvalue weighted by molar-refractivity contribution is 7.99. The van der Waals surface area contributed by atoms with Crippen LogP contribution in [-0.2, 0) is 26.3 Å². The average molecular weight is 403 g/mol. The molecule has 0 spiro atoms. The van der Waals surface area contributed by atoms with Gasteiger partial charge >= 0.3 is 0 Å². The molecule has 1 atom stereocenters. The number of benzene rings is 1. The summed E-state index contributed by atoms with van der Waals surface area (Å²) in [6, 6.07) is 7.04. The number of hydrogen-bond acceptors (Lipinski definition) is 4. The van der Waals surface area contributed by atoms with Crippen LogP contribution in [0.3, 0.4) is 0 Å². The SMILES string of the molecule is Cn1nc(C(=O)N2CCSCC2)c2c1CCC(NCCc1ccc(F)cc1)C2. The van der Waals surface area contributed by atoms with Crippen molar-refractivity contribution < 1.29 is 9.18 Å². The van der Waals surface area contributed by atoms with Crippen LogP contribution in [0.4, 0.5) is 4.39 Å². The van der Waals surface area contributed by atoms with Crippen molar-refractivity contribution in [2.75, 3.05) is 31.1 Å². The summed E-state index contributed by atoms with van der Waals surface area (Å²) in [4.78, 5) is 15.0. The number of carbonyl (C=O) groups is 1. The van der Waals surface area contributed by atoms with Crippen molar-refractivity contribution in [2.24, 2.45) is 7.05 Å². The molecule has 4 rings (SSSR count). The Morgan fingerprint density at radius 2 is 2.04 bits per heavy atom. The quantitative estimate of drug-likeness (QED) is 0.835. The van der Waals surface area contributed by atoms with E-state index in [-0.39, 0.29) is 11.7 Å². The van der Waals surface area contributed by atoms with Crippen LogP contribution in [0.2, 0.25) is 0 Å². The first-order chi connectivity index (χ1) is 13.6. The third-order valence-corrected chi connectivity index (χ3v) is 6.66. The summed E-state index contributed by atoms with van der Waals surface area (Å²) in [6.07, 6.45) is 3.70. The normalized spacial score (nSPS) is 19.5. The number of hydrogen-bond donors (Lipinski definition) is 1. The van der Waals surface area contributed by atoms with Crippen molar-refractivity contribution in [3.8, 4) is 0 Å². The van der Waals surface area contributed by atoms with Gasteiger partial charge < -0.3 is 10.2 Å². The van der Waals surface area contributed by atoms with Gasteiger partial charge in [-0.25, -0.2) is 4.39 Å². The van der Waals surface area contributed by atoms with Gasteiger partial charge in [-0.3, -0.25) is 9.48 Å². The Morgan fingerprint density at radius 1 is 1.29 bits per heavy atom. The summed E-state index contributed by atoms with van der Waals surface area (Å²) in [7, 11) is 1.95. The molecule has 0 radical (unpaired) electrons. The highest BCUT2D eigenvalue weighted by Gasteiger charge is 2.30. The minimum absolute atomic E-state index is 0.0871. The molecule has 2 aliphatic rings. The van der Waals surface area contributed by atoms with Crippen molar-refractivity contribution in [3.05, 3.63) is 52.6 Å². The van der Waals surface area contributed by atoms with Crippen LogP contribution in [-0.4, -0.2) is 57.8 Å². The van der Waals surface area contributed by atoms with Gasteiger partial charge in [-0.2, -0.15) is 16.9 Å². The molecule has 1 N–H and O–H groups in total. The lowest BCUT2D eigenvalue weighted by Gasteiger charge is -2.27. The minimum atomic E-state index is -0.197. The van der Waals surface area contributed by atoms with Gasteiger partial charge in [0.25, 0.3) is 5.91 Å². The van der Waals surface area contributed by atoms with Gasteiger partial charge in [0, 0.05) is 48.9 Å². The molecule has 1 aromatic carbocycles. The second kappa shape index (κ2) is 8.66. The molecule has 1 aliphatic carbocycles. The molecule has 1 fully saturated rings. The number of rotatable bonds is 5. The minimum Gasteiger partial charge on any atom is -0.336 e. The van der Waals surface area contributed by atoms with Gasteiger partial charge in [0.15, 0.2) is 5.69 Å². The van der Waals surface area contributed by atoms with E-state index < -0.39 is 0 Å².